The van der Waals surface area contributed by atoms with E-state index in [1.54, 1.807) is 91.0 Å². The van der Waals surface area contributed by atoms with Crippen LogP contribution in [0.3, 0.4) is 0 Å². The van der Waals surface area contributed by atoms with Gasteiger partial charge in [-0.1, -0.05) is 60.3 Å². The van der Waals surface area contributed by atoms with Crippen LogP contribution in [-0.2, 0) is 55.8 Å². The van der Waals surface area contributed by atoms with Crippen LogP contribution in [-0.4, -0.2) is 117 Å². The number of nitrogens with zero attached hydrogens (tertiary/aromatic N) is 11. The van der Waals surface area contributed by atoms with Gasteiger partial charge >= 0.3 is 10.6 Å². The van der Waals surface area contributed by atoms with E-state index in [0.717, 1.165) is 36.1 Å². The third kappa shape index (κ3) is 20.3. The van der Waals surface area contributed by atoms with Gasteiger partial charge in [-0.15, -0.1) is 50.6 Å². The number of hydrogen-bond acceptors (Lipinski definition) is 28. The molecule has 8 aromatic rings. The van der Waals surface area contributed by atoms with E-state index >= 15 is 0 Å². The van der Waals surface area contributed by atoms with E-state index in [0.29, 0.717) is 82.2 Å². The molecule has 518 valence electrons. The molecule has 6 N–H and O–H groups in total. The Kier molecular flexibility index (Phi) is 26.7. The maximum absolute atomic E-state index is 13.5. The summed E-state index contributed by atoms with van der Waals surface area (Å²) >= 11 is 2.60. The maximum Gasteiger partial charge on any atom is 0.425 e. The normalized spacial score (nSPS) is 11.6. The van der Waals surface area contributed by atoms with Crippen LogP contribution in [0.4, 0.5) is 73.1 Å². The van der Waals surface area contributed by atoms with Gasteiger partial charge < -0.3 is 40.5 Å². The number of carbonyl (C=O) groups excluding carboxylic acids is 4. The van der Waals surface area contributed by atoms with Gasteiger partial charge in [0.15, 0.2) is 21.7 Å². The van der Waals surface area contributed by atoms with Crippen LogP contribution in [0.5, 0.6) is 11.5 Å². The lowest BCUT2D eigenvalue weighted by Gasteiger charge is -2.25. The molecule has 0 spiro atoms. The van der Waals surface area contributed by atoms with Crippen LogP contribution in [0, 0.1) is 17.9 Å². The third-order valence-electron chi connectivity index (χ3n) is 13.9. The molecule has 0 atom stereocenters. The molecule has 30 nitrogen and oxygen atoms in total. The minimum atomic E-state index is -5.25. The Bertz CT molecular complexity index is 4990. The number of ether oxygens (including phenoxy) is 2. The molecule has 36 heteroatoms. The van der Waals surface area contributed by atoms with Crippen LogP contribution < -0.4 is 40.5 Å². The lowest BCUT2D eigenvalue weighted by molar-refractivity contribution is -0.120. The summed E-state index contributed by atoms with van der Waals surface area (Å²) in [5.74, 6) is -2.37. The smallest absolute Gasteiger partial charge is 0.425 e. The van der Waals surface area contributed by atoms with Gasteiger partial charge in [0.1, 0.15) is 44.4 Å². The highest BCUT2D eigenvalue weighted by Gasteiger charge is 2.30. The van der Waals surface area contributed by atoms with E-state index in [2.05, 4.69) is 46.6 Å². The predicted octanol–water partition coefficient (Wildman–Crippen LogP) is 13.4. The van der Waals surface area contributed by atoms with Crippen molar-refractivity contribution in [2.75, 3.05) is 71.5 Å². The first-order valence-corrected chi connectivity index (χ1v) is 35.9. The van der Waals surface area contributed by atoms with Crippen LogP contribution in [0.15, 0.2) is 162 Å². The van der Waals surface area contributed by atoms with E-state index in [1.807, 2.05) is 37.5 Å². The van der Waals surface area contributed by atoms with Crippen LogP contribution >= 0.6 is 34.4 Å². The molecular weight excluding hydrogens is 1410 g/mol. The molecule has 0 aliphatic carbocycles. The fraction of sp³-hybridized carbons (Fsp3) is 0.203. The van der Waals surface area contributed by atoms with E-state index < -0.39 is 70.3 Å². The summed E-state index contributed by atoms with van der Waals surface area (Å²) in [5, 5.41) is 40.1. The number of azo groups is 2. The SMILES string of the molecule is O=S(=O)=O.[C-]#[N+]c1cc(/C=C(\C(C)=O)C(=O)Nc2ccccc2)sc1N=Nc1cc(OC)c(N(CC)CC)cc1Nc1nc(Nc2cc(N(CC)CC)c(OC)cc2N=Nc2sc(/C=C(/C(C)=O)C(=O)Nc3ccccc3)c(S(=O)(=O)O)c2C#N)nc(SCc2cccc(S(=O)(=O)O)c2)n1. The number of para-hydroxylation sites is 2. The second kappa shape index (κ2) is 35.0. The number of aromatic nitrogens is 3. The zero-order valence-electron chi connectivity index (χ0n) is 54.2. The monoisotopic (exact) mass is 1470 g/mol. The molecule has 0 saturated heterocycles. The standard InChI is InChI=1S/C64H61N15O12S5.O3S/c1-10-78(11-2)52-31-47(49(33-54(52)90-8)74-76-60-46(35-65)57(96(87,88)89)56(94-60)30-45(38(6)81)59(83)68-41-24-18-15-19-25-41)69-62-71-63(73-64(72-62)92-36-39-21-20-26-43(27-39)95(84,85)86)70-48-32-53(79(12-3)13-4)55(91-9)34-50(48)75-77-61-51(66-7)29-42(93-61)28-44(37(5)80)58(82)67-40-22-16-14-17-23-40;1-4(2)3/h14-34H,10-13,36H2,1-6,8-9H3,(H,67,82)(H,68,83)(H,84,85,86)(H,87,88,89)(H2,69,70,71,72,73);/b44-28+,45-30-,76-74?,77-75?;. The Morgan fingerprint density at radius 3 is 1.57 bits per heavy atom. The summed E-state index contributed by atoms with van der Waals surface area (Å²) in [6.07, 6.45) is 2.31. The molecule has 3 aromatic heterocycles. The molecule has 0 radical (unpaired) electrons. The molecular formula is C64H61N15O15S6. The molecule has 0 unspecified atom stereocenters. The molecule has 0 fully saturated rings. The highest BCUT2D eigenvalue weighted by Crippen LogP contribution is 2.46. The van der Waals surface area contributed by atoms with Gasteiger partial charge in [-0.05, 0) is 114 Å². The van der Waals surface area contributed by atoms with Crippen LogP contribution in [0.25, 0.3) is 17.0 Å². The number of benzene rings is 5. The predicted molar refractivity (Wildman–Crippen MR) is 380 cm³/mol. The van der Waals surface area contributed by atoms with Crippen molar-refractivity contribution in [3.63, 3.8) is 0 Å². The molecule has 3 heterocycles. The Morgan fingerprint density at radius 2 is 1.14 bits per heavy atom. The van der Waals surface area contributed by atoms with Crippen LogP contribution in [0.1, 0.15) is 62.4 Å². The second-order valence-electron chi connectivity index (χ2n) is 20.3. The highest BCUT2D eigenvalue weighted by atomic mass is 32.2. The number of methoxy groups -OCH3 is 2. The Balaban J connectivity index is 0.00000342. The van der Waals surface area contributed by atoms with Crippen molar-refractivity contribution >= 4 is 174 Å². The molecule has 2 amide bonds. The first-order chi connectivity index (χ1) is 47.6. The van der Waals surface area contributed by atoms with Crippen LogP contribution in [0.2, 0.25) is 0 Å². The summed E-state index contributed by atoms with van der Waals surface area (Å²) in [7, 11) is -10.0. The van der Waals surface area contributed by atoms with E-state index in [1.165, 1.54) is 57.6 Å². The van der Waals surface area contributed by atoms with E-state index in [9.17, 15) is 50.4 Å². The van der Waals surface area contributed by atoms with Gasteiger partial charge in [-0.25, -0.2) is 4.85 Å². The van der Waals surface area contributed by atoms with Gasteiger partial charge in [-0.2, -0.15) is 42.2 Å². The molecule has 0 aliphatic heterocycles. The van der Waals surface area contributed by atoms with Crippen molar-refractivity contribution in [2.45, 2.75) is 62.2 Å². The molecule has 5 aromatic carbocycles. The lowest BCUT2D eigenvalue weighted by Crippen LogP contribution is -2.22. The van der Waals surface area contributed by atoms with Gasteiger partial charge in [0.25, 0.3) is 32.1 Å². The van der Waals surface area contributed by atoms with Crippen molar-refractivity contribution < 1.29 is 67.2 Å². The first kappa shape index (κ1) is 76.4. The van der Waals surface area contributed by atoms with Gasteiger partial charge in [-0.3, -0.25) is 28.3 Å². The summed E-state index contributed by atoms with van der Waals surface area (Å²) in [6.45, 7) is 20.2. The lowest BCUT2D eigenvalue weighted by atomic mass is 10.1. The van der Waals surface area contributed by atoms with Crippen molar-refractivity contribution in [2.24, 2.45) is 20.5 Å². The van der Waals surface area contributed by atoms with Gasteiger partial charge in [0, 0.05) is 60.3 Å². The first-order valence-electron chi connectivity index (χ1n) is 29.4. The minimum absolute atomic E-state index is 0.0101. The molecule has 0 aliphatic rings. The van der Waals surface area contributed by atoms with Gasteiger partial charge in [0.05, 0.1) is 64.5 Å². The number of nitriles is 1. The fourth-order valence-corrected chi connectivity index (χ4v) is 13.6. The molecule has 0 bridgehead atoms. The summed E-state index contributed by atoms with van der Waals surface area (Å²) in [5.41, 5.74) is 1.67. The number of amides is 2. The quantitative estimate of drug-likeness (QED) is 0.00482. The summed E-state index contributed by atoms with van der Waals surface area (Å²) < 4.78 is 108. The van der Waals surface area contributed by atoms with E-state index in [4.69, 9.17) is 43.6 Å². The molecule has 8 rings (SSSR count). The number of thiophene rings is 2. The molecule has 0 saturated carbocycles. The Hall–Kier alpha value is -11.0. The van der Waals surface area contributed by atoms with Crippen molar-refractivity contribution in [3.8, 4) is 17.6 Å². The van der Waals surface area contributed by atoms with Gasteiger partial charge in [0.2, 0.25) is 17.6 Å². The molecule has 100 heavy (non-hydrogen) atoms. The third-order valence-corrected chi connectivity index (χ3v) is 18.7. The number of carbonyl (C=O) groups is 4. The van der Waals surface area contributed by atoms with Crippen molar-refractivity contribution in [1.82, 2.24) is 15.0 Å². The largest absolute Gasteiger partial charge is 0.494 e. The zero-order chi connectivity index (χ0) is 73.0. The van der Waals surface area contributed by atoms with Crippen molar-refractivity contribution in [1.29, 1.82) is 5.26 Å². The number of rotatable bonds is 29. The van der Waals surface area contributed by atoms with E-state index in [-0.39, 0.29) is 76.6 Å². The number of thioether (sulfide) groups is 1. The topological polar surface area (TPSA) is 418 Å². The summed E-state index contributed by atoms with van der Waals surface area (Å²) in [6, 6.07) is 32.1. The zero-order valence-corrected chi connectivity index (χ0v) is 59.1. The number of Topliss-reactive ketones (excluding diaryl/α,β-unsaturated/α-hetero) is 2. The second-order valence-corrected chi connectivity index (χ2v) is 26.6. The Morgan fingerprint density at radius 1 is 0.660 bits per heavy atom. The maximum atomic E-state index is 13.5. The summed E-state index contributed by atoms with van der Waals surface area (Å²) in [4.78, 5) is 73.4. The average molecular weight is 1470 g/mol. The number of nitrogens with one attached hydrogen (secondary N) is 4. The fourth-order valence-electron chi connectivity index (χ4n) is 9.27. The number of hydrogen-bond donors (Lipinski definition) is 6. The minimum Gasteiger partial charge on any atom is -0.494 e. The Labute approximate surface area is 588 Å². The van der Waals surface area contributed by atoms with Crippen molar-refractivity contribution in [3.05, 3.63) is 159 Å². The average Bonchev–Trinajstić information content (AvgIpc) is 1.54. The highest BCUT2D eigenvalue weighted by molar-refractivity contribution is 7.98. The number of ketones is 2. The number of anilines is 8.